The Morgan fingerprint density at radius 3 is 2.36 bits per heavy atom. The van der Waals surface area contributed by atoms with Gasteiger partial charge in [-0.1, -0.05) is 0 Å². The van der Waals surface area contributed by atoms with Gasteiger partial charge in [0.15, 0.2) is 0 Å². The van der Waals surface area contributed by atoms with Gasteiger partial charge in [-0.2, -0.15) is 0 Å². The molecule has 0 radical (unpaired) electrons. The van der Waals surface area contributed by atoms with Crippen molar-refractivity contribution in [2.24, 2.45) is 5.92 Å². The van der Waals surface area contributed by atoms with Crippen molar-refractivity contribution in [2.45, 2.75) is 64.0 Å². The molecule has 1 fully saturated rings. The van der Waals surface area contributed by atoms with Crippen molar-refractivity contribution >= 4 is 16.1 Å². The Hall–Kier alpha value is -1.84. The normalized spacial score (nSPS) is 17.9. The highest BCUT2D eigenvalue weighted by atomic mass is 32.2. The number of rotatable bonds is 9. The number of nitrogens with zero attached hydrogens (tertiary/aromatic N) is 3. The highest BCUT2D eigenvalue weighted by molar-refractivity contribution is 7.89. The minimum absolute atomic E-state index is 0.0813. The lowest BCUT2D eigenvalue weighted by Crippen LogP contribution is -2.47. The first-order chi connectivity index (χ1) is 15.3. The van der Waals surface area contributed by atoms with Gasteiger partial charge in [0, 0.05) is 39.8 Å². The molecule has 0 N–H and O–H groups in total. The molecule has 1 heterocycles. The molecule has 1 aliphatic heterocycles. The second kappa shape index (κ2) is 11.5. The first-order valence-corrected chi connectivity index (χ1v) is 13.1. The van der Waals surface area contributed by atoms with Crippen LogP contribution in [0.5, 0.6) is 5.75 Å². The number of sulfonamides is 1. The average Bonchev–Trinajstić information content (AvgIpc) is 2.71. The van der Waals surface area contributed by atoms with Crippen molar-refractivity contribution in [2.75, 3.05) is 46.9 Å². The zero-order chi connectivity index (χ0) is 24.8. The molecule has 1 saturated heterocycles. The zero-order valence-electron chi connectivity index (χ0n) is 21.2. The van der Waals surface area contributed by atoms with Crippen molar-refractivity contribution in [3.8, 4) is 5.75 Å². The van der Waals surface area contributed by atoms with Gasteiger partial charge in [0.25, 0.3) is 0 Å². The first-order valence-electron chi connectivity index (χ1n) is 11.7. The monoisotopic (exact) mass is 483 g/mol. The summed E-state index contributed by atoms with van der Waals surface area (Å²) < 4.78 is 37.0. The van der Waals surface area contributed by atoms with Gasteiger partial charge in [-0.3, -0.25) is 4.90 Å². The third-order valence-corrected chi connectivity index (χ3v) is 7.42. The molecule has 0 aliphatic carbocycles. The van der Waals surface area contributed by atoms with Crippen LogP contribution in [0.25, 0.3) is 0 Å². The summed E-state index contributed by atoms with van der Waals surface area (Å²) in [5.41, 5.74) is -0.505. The predicted molar refractivity (Wildman–Crippen MR) is 130 cm³/mol. The molecule has 8 nitrogen and oxygen atoms in total. The van der Waals surface area contributed by atoms with Crippen LogP contribution in [-0.4, -0.2) is 87.1 Å². The van der Waals surface area contributed by atoms with Crippen molar-refractivity contribution in [3.63, 3.8) is 0 Å². The molecule has 1 unspecified atom stereocenters. The quantitative estimate of drug-likeness (QED) is 0.533. The number of carbonyl (C=O) groups excluding carboxylic acids is 1. The molecule has 1 amide bonds. The van der Waals surface area contributed by atoms with E-state index in [0.717, 1.165) is 32.5 Å². The summed E-state index contributed by atoms with van der Waals surface area (Å²) in [6, 6.07) is 6.60. The minimum atomic E-state index is -3.44. The number of carbonyl (C=O) groups is 1. The minimum Gasteiger partial charge on any atom is -0.492 e. The van der Waals surface area contributed by atoms with Crippen LogP contribution < -0.4 is 4.74 Å². The Kier molecular flexibility index (Phi) is 9.58. The van der Waals surface area contributed by atoms with Gasteiger partial charge < -0.3 is 14.4 Å². The van der Waals surface area contributed by atoms with Crippen LogP contribution in [0.3, 0.4) is 0 Å². The van der Waals surface area contributed by atoms with Crippen LogP contribution >= 0.6 is 0 Å². The third-order valence-electron chi connectivity index (χ3n) is 5.59. The topological polar surface area (TPSA) is 79.4 Å². The molecule has 1 aliphatic rings. The number of benzene rings is 1. The largest absolute Gasteiger partial charge is 0.492 e. The number of hydrogen-bond donors (Lipinski definition) is 0. The van der Waals surface area contributed by atoms with Crippen molar-refractivity contribution in [3.05, 3.63) is 24.3 Å². The number of amides is 1. The van der Waals surface area contributed by atoms with Crippen molar-refractivity contribution < 1.29 is 22.7 Å². The molecule has 1 aromatic rings. The van der Waals surface area contributed by atoms with E-state index in [1.807, 2.05) is 39.5 Å². The van der Waals surface area contributed by atoms with E-state index in [4.69, 9.17) is 9.47 Å². The maximum Gasteiger partial charge on any atom is 0.410 e. The molecule has 2 rings (SSSR count). The SMILES string of the molecule is CC(C)N(CC1CCCN(CCOc2ccc(S(=O)(=O)N(C)C)cc2)C1)C(=O)OC(C)(C)C. The fraction of sp³-hybridized carbons (Fsp3) is 0.708. The van der Waals surface area contributed by atoms with E-state index in [0.29, 0.717) is 24.8 Å². The highest BCUT2D eigenvalue weighted by Crippen LogP contribution is 2.21. The maximum absolute atomic E-state index is 12.6. The standard InChI is InChI=1S/C24H41N3O5S/c1-19(2)27(23(28)32-24(3,4)5)18-20-9-8-14-26(17-20)15-16-31-21-10-12-22(13-11-21)33(29,30)25(6)7/h10-13,19-20H,8-9,14-18H2,1-7H3. The van der Waals surface area contributed by atoms with E-state index in [2.05, 4.69) is 4.90 Å². The fourth-order valence-corrected chi connectivity index (χ4v) is 4.71. The Balaban J connectivity index is 1.85. The summed E-state index contributed by atoms with van der Waals surface area (Å²) in [4.78, 5) is 17.1. The van der Waals surface area contributed by atoms with Crippen LogP contribution in [0.4, 0.5) is 4.79 Å². The van der Waals surface area contributed by atoms with Crippen molar-refractivity contribution in [1.82, 2.24) is 14.1 Å². The summed E-state index contributed by atoms with van der Waals surface area (Å²) in [6.07, 6.45) is 1.92. The number of piperidine rings is 1. The average molecular weight is 484 g/mol. The van der Waals surface area contributed by atoms with Gasteiger partial charge >= 0.3 is 6.09 Å². The van der Waals surface area contributed by atoms with Gasteiger partial charge in [0.1, 0.15) is 18.0 Å². The Morgan fingerprint density at radius 1 is 1.18 bits per heavy atom. The lowest BCUT2D eigenvalue weighted by atomic mass is 9.97. The van der Waals surface area contributed by atoms with E-state index in [1.54, 1.807) is 24.3 Å². The fourth-order valence-electron chi connectivity index (χ4n) is 3.81. The first kappa shape index (κ1) is 27.4. The summed E-state index contributed by atoms with van der Waals surface area (Å²) in [6.45, 7) is 13.6. The number of likely N-dealkylation sites (tertiary alicyclic amines) is 1. The molecule has 0 spiro atoms. The number of ether oxygens (including phenoxy) is 2. The molecular formula is C24H41N3O5S. The Bertz CT molecular complexity index is 863. The summed E-state index contributed by atoms with van der Waals surface area (Å²) in [7, 11) is -0.411. The lowest BCUT2D eigenvalue weighted by Gasteiger charge is -2.37. The van der Waals surface area contributed by atoms with Gasteiger partial charge in [-0.05, 0) is 84.2 Å². The van der Waals surface area contributed by atoms with E-state index in [1.165, 1.54) is 18.4 Å². The summed E-state index contributed by atoms with van der Waals surface area (Å²) >= 11 is 0. The van der Waals surface area contributed by atoms with Crippen LogP contribution in [0.1, 0.15) is 47.5 Å². The van der Waals surface area contributed by atoms with E-state index in [-0.39, 0.29) is 17.0 Å². The van der Waals surface area contributed by atoms with Crippen molar-refractivity contribution in [1.29, 1.82) is 0 Å². The summed E-state index contributed by atoms with van der Waals surface area (Å²) in [5.74, 6) is 1.04. The maximum atomic E-state index is 12.6. The Labute approximate surface area is 199 Å². The molecule has 1 atom stereocenters. The zero-order valence-corrected chi connectivity index (χ0v) is 22.0. The van der Waals surface area contributed by atoms with Crippen LogP contribution in [-0.2, 0) is 14.8 Å². The van der Waals surface area contributed by atoms with Gasteiger partial charge in [0.2, 0.25) is 10.0 Å². The molecule has 9 heteroatoms. The molecular weight excluding hydrogens is 442 g/mol. The molecule has 0 bridgehead atoms. The van der Waals surface area contributed by atoms with Crippen LogP contribution in [0, 0.1) is 5.92 Å². The number of hydrogen-bond acceptors (Lipinski definition) is 6. The van der Waals surface area contributed by atoms with Gasteiger partial charge in [0.05, 0.1) is 4.90 Å². The third kappa shape index (κ3) is 8.46. The molecule has 1 aromatic carbocycles. The molecule has 33 heavy (non-hydrogen) atoms. The smallest absolute Gasteiger partial charge is 0.410 e. The Morgan fingerprint density at radius 2 is 1.82 bits per heavy atom. The van der Waals surface area contributed by atoms with E-state index >= 15 is 0 Å². The second-order valence-electron chi connectivity index (χ2n) is 10.1. The predicted octanol–water partition coefficient (Wildman–Crippen LogP) is 3.67. The molecule has 0 saturated carbocycles. The molecule has 0 aromatic heterocycles. The second-order valence-corrected chi connectivity index (χ2v) is 12.3. The van der Waals surface area contributed by atoms with Gasteiger partial charge in [-0.15, -0.1) is 0 Å². The van der Waals surface area contributed by atoms with Gasteiger partial charge in [-0.25, -0.2) is 17.5 Å². The van der Waals surface area contributed by atoms with E-state index in [9.17, 15) is 13.2 Å². The van der Waals surface area contributed by atoms with Crippen LogP contribution in [0.15, 0.2) is 29.2 Å². The molecule has 188 valence electrons. The highest BCUT2D eigenvalue weighted by Gasteiger charge is 2.29. The summed E-state index contributed by atoms with van der Waals surface area (Å²) in [5, 5.41) is 0. The lowest BCUT2D eigenvalue weighted by molar-refractivity contribution is 0.0117. The van der Waals surface area contributed by atoms with Crippen LogP contribution in [0.2, 0.25) is 0 Å². The van der Waals surface area contributed by atoms with E-state index < -0.39 is 15.6 Å².